The van der Waals surface area contributed by atoms with Gasteiger partial charge in [0, 0.05) is 13.1 Å². The molecule has 21 heavy (non-hydrogen) atoms. The van der Waals surface area contributed by atoms with Gasteiger partial charge in [-0.15, -0.1) is 24.0 Å². The Morgan fingerprint density at radius 1 is 1.38 bits per heavy atom. The fourth-order valence-electron chi connectivity index (χ4n) is 2.18. The van der Waals surface area contributed by atoms with Crippen molar-refractivity contribution in [2.24, 2.45) is 4.99 Å². The lowest BCUT2D eigenvalue weighted by molar-refractivity contribution is -0.140. The molecule has 1 aliphatic rings. The van der Waals surface area contributed by atoms with Gasteiger partial charge in [-0.25, -0.2) is 0 Å². The number of nitrogens with one attached hydrogen (secondary N) is 2. The first kappa shape index (κ1) is 20.2. The number of halogens is 1. The smallest absolute Gasteiger partial charge is 0.307 e. The number of allylic oxidation sites excluding steroid dienone is 1. The van der Waals surface area contributed by atoms with Crippen LogP contribution in [0, 0.1) is 0 Å². The molecule has 0 aromatic heterocycles. The fourth-order valence-corrected chi connectivity index (χ4v) is 2.18. The van der Waals surface area contributed by atoms with Gasteiger partial charge in [0.1, 0.15) is 0 Å². The highest BCUT2D eigenvalue weighted by Gasteiger charge is 2.04. The maximum atomic E-state index is 11.0. The highest BCUT2D eigenvalue weighted by molar-refractivity contribution is 14.0. The minimum atomic E-state index is -0.225. The summed E-state index contributed by atoms with van der Waals surface area (Å²) in [4.78, 5) is 15.4. The second kappa shape index (κ2) is 12.9. The third-order valence-corrected chi connectivity index (χ3v) is 3.28. The molecule has 0 atom stereocenters. The number of nitrogens with zero attached hydrogens (tertiary/aromatic N) is 1. The lowest BCUT2D eigenvalue weighted by Gasteiger charge is -2.15. The Morgan fingerprint density at radius 3 is 2.81 bits per heavy atom. The molecule has 0 aliphatic heterocycles. The van der Waals surface area contributed by atoms with Gasteiger partial charge in [-0.3, -0.25) is 9.79 Å². The molecule has 6 heteroatoms. The second-order valence-electron chi connectivity index (χ2n) is 4.87. The number of carbonyl (C=O) groups excluding carboxylic acids is 1. The van der Waals surface area contributed by atoms with Crippen molar-refractivity contribution in [3.63, 3.8) is 0 Å². The van der Waals surface area contributed by atoms with Gasteiger partial charge < -0.3 is 15.4 Å². The van der Waals surface area contributed by atoms with Gasteiger partial charge in [-0.2, -0.15) is 0 Å². The number of carbonyl (C=O) groups is 1. The summed E-state index contributed by atoms with van der Waals surface area (Å²) in [5.74, 6) is 0.546. The minimum absolute atomic E-state index is 0. The Morgan fingerprint density at radius 2 is 2.19 bits per heavy atom. The van der Waals surface area contributed by atoms with Crippen LogP contribution in [-0.4, -0.2) is 38.7 Å². The maximum Gasteiger partial charge on any atom is 0.307 e. The Balaban J connectivity index is 0.00000400. The Hall–Kier alpha value is -0.790. The molecular formula is C15H28IN3O2. The van der Waals surface area contributed by atoms with Crippen molar-refractivity contribution in [2.45, 2.75) is 45.4 Å². The van der Waals surface area contributed by atoms with E-state index in [0.29, 0.717) is 13.0 Å². The fraction of sp³-hybridized carbons (Fsp3) is 0.733. The standard InChI is InChI=1S/C15H27N3O2.HI/c1-3-16-15(18-12-10-14(19)20-2)17-11-9-13-7-5-4-6-8-13;/h7H,3-6,8-12H2,1-2H3,(H2,16,17,18);1H. The summed E-state index contributed by atoms with van der Waals surface area (Å²) in [6, 6.07) is 0. The van der Waals surface area contributed by atoms with E-state index < -0.39 is 0 Å². The third kappa shape index (κ3) is 9.71. The van der Waals surface area contributed by atoms with Gasteiger partial charge >= 0.3 is 5.97 Å². The first-order chi connectivity index (χ1) is 9.76. The molecule has 0 bridgehead atoms. The summed E-state index contributed by atoms with van der Waals surface area (Å²) in [7, 11) is 1.40. The van der Waals surface area contributed by atoms with Crippen LogP contribution in [0.2, 0.25) is 0 Å². The minimum Gasteiger partial charge on any atom is -0.469 e. The van der Waals surface area contributed by atoms with Crippen LogP contribution < -0.4 is 10.6 Å². The molecule has 0 saturated heterocycles. The van der Waals surface area contributed by atoms with Crippen LogP contribution in [0.4, 0.5) is 0 Å². The zero-order valence-electron chi connectivity index (χ0n) is 13.1. The molecule has 0 radical (unpaired) electrons. The molecule has 2 N–H and O–H groups in total. The molecule has 0 unspecified atom stereocenters. The number of esters is 1. The highest BCUT2D eigenvalue weighted by atomic mass is 127. The molecule has 0 spiro atoms. The number of aliphatic imine (C=N–C) groups is 1. The largest absolute Gasteiger partial charge is 0.469 e. The van der Waals surface area contributed by atoms with E-state index in [4.69, 9.17) is 0 Å². The average Bonchev–Trinajstić information content (AvgIpc) is 2.48. The monoisotopic (exact) mass is 409 g/mol. The van der Waals surface area contributed by atoms with Crippen molar-refractivity contribution >= 4 is 35.9 Å². The third-order valence-electron chi connectivity index (χ3n) is 3.28. The van der Waals surface area contributed by atoms with Crippen LogP contribution >= 0.6 is 24.0 Å². The van der Waals surface area contributed by atoms with Crippen molar-refractivity contribution in [1.29, 1.82) is 0 Å². The quantitative estimate of drug-likeness (QED) is 0.223. The summed E-state index contributed by atoms with van der Waals surface area (Å²) in [5.41, 5.74) is 1.55. The number of ether oxygens (including phenoxy) is 1. The Kier molecular flexibility index (Phi) is 12.4. The first-order valence-electron chi connectivity index (χ1n) is 7.53. The number of methoxy groups -OCH3 is 1. The van der Waals surface area contributed by atoms with E-state index in [1.807, 2.05) is 6.92 Å². The summed E-state index contributed by atoms with van der Waals surface area (Å²) in [5, 5.41) is 6.49. The van der Waals surface area contributed by atoms with E-state index in [1.54, 1.807) is 5.57 Å². The summed E-state index contributed by atoms with van der Waals surface area (Å²) < 4.78 is 4.60. The predicted molar refractivity (Wildman–Crippen MR) is 97.2 cm³/mol. The van der Waals surface area contributed by atoms with Crippen molar-refractivity contribution in [1.82, 2.24) is 10.6 Å². The van der Waals surface area contributed by atoms with Crippen LogP contribution in [-0.2, 0) is 9.53 Å². The number of guanidine groups is 1. The Labute approximate surface area is 145 Å². The lowest BCUT2D eigenvalue weighted by atomic mass is 9.97. The number of hydrogen-bond donors (Lipinski definition) is 2. The van der Waals surface area contributed by atoms with E-state index in [-0.39, 0.29) is 29.9 Å². The lowest BCUT2D eigenvalue weighted by Crippen LogP contribution is -2.38. The van der Waals surface area contributed by atoms with Crippen LogP contribution in [0.15, 0.2) is 16.6 Å². The van der Waals surface area contributed by atoms with Crippen molar-refractivity contribution in [3.05, 3.63) is 11.6 Å². The molecule has 122 valence electrons. The van der Waals surface area contributed by atoms with Crippen molar-refractivity contribution in [2.75, 3.05) is 26.7 Å². The number of rotatable bonds is 7. The SMILES string of the molecule is CCNC(=NCCC(=O)OC)NCCC1=CCCCC1.I. The molecule has 0 fully saturated rings. The molecular weight excluding hydrogens is 381 g/mol. The van der Waals surface area contributed by atoms with Gasteiger partial charge in [0.15, 0.2) is 5.96 Å². The molecule has 5 nitrogen and oxygen atoms in total. The van der Waals surface area contributed by atoms with E-state index in [1.165, 1.54) is 32.8 Å². The van der Waals surface area contributed by atoms with Gasteiger partial charge in [0.25, 0.3) is 0 Å². The molecule has 0 heterocycles. The van der Waals surface area contributed by atoms with Gasteiger partial charge in [0.05, 0.1) is 20.1 Å². The van der Waals surface area contributed by atoms with Gasteiger partial charge in [-0.05, 0) is 39.0 Å². The van der Waals surface area contributed by atoms with Crippen molar-refractivity contribution < 1.29 is 9.53 Å². The first-order valence-corrected chi connectivity index (χ1v) is 7.53. The predicted octanol–water partition coefficient (Wildman–Crippen LogP) is 2.61. The van der Waals surface area contributed by atoms with Gasteiger partial charge in [-0.1, -0.05) is 11.6 Å². The second-order valence-corrected chi connectivity index (χ2v) is 4.87. The summed E-state index contributed by atoms with van der Waals surface area (Å²) in [6.07, 6.45) is 8.86. The molecule has 1 aliphatic carbocycles. The van der Waals surface area contributed by atoms with Crippen LogP contribution in [0.1, 0.15) is 45.4 Å². The maximum absolute atomic E-state index is 11.0. The highest BCUT2D eigenvalue weighted by Crippen LogP contribution is 2.19. The Bertz CT molecular complexity index is 357. The average molecular weight is 409 g/mol. The van der Waals surface area contributed by atoms with E-state index in [0.717, 1.165) is 25.5 Å². The molecule has 1 rings (SSSR count). The van der Waals surface area contributed by atoms with Gasteiger partial charge in [0.2, 0.25) is 0 Å². The summed E-state index contributed by atoms with van der Waals surface area (Å²) >= 11 is 0. The molecule has 0 saturated carbocycles. The van der Waals surface area contributed by atoms with Crippen LogP contribution in [0.5, 0.6) is 0 Å². The van der Waals surface area contributed by atoms with E-state index >= 15 is 0 Å². The zero-order valence-corrected chi connectivity index (χ0v) is 15.4. The van der Waals surface area contributed by atoms with E-state index in [2.05, 4.69) is 26.4 Å². The molecule has 0 aromatic carbocycles. The molecule has 0 aromatic rings. The summed E-state index contributed by atoms with van der Waals surface area (Å²) in [6.45, 7) is 4.18. The van der Waals surface area contributed by atoms with Crippen molar-refractivity contribution in [3.8, 4) is 0 Å². The zero-order chi connectivity index (χ0) is 14.6. The topological polar surface area (TPSA) is 62.7 Å². The normalized spacial score (nSPS) is 14.8. The van der Waals surface area contributed by atoms with Crippen LogP contribution in [0.3, 0.4) is 0 Å². The van der Waals surface area contributed by atoms with Crippen LogP contribution in [0.25, 0.3) is 0 Å². The number of hydrogen-bond acceptors (Lipinski definition) is 3. The molecule has 0 amide bonds. The van der Waals surface area contributed by atoms with E-state index in [9.17, 15) is 4.79 Å².